The van der Waals surface area contributed by atoms with Gasteiger partial charge in [-0.2, -0.15) is 5.10 Å². The van der Waals surface area contributed by atoms with E-state index >= 15 is 0 Å². The molecule has 0 saturated carbocycles. The zero-order chi connectivity index (χ0) is 17.2. The number of aromatic hydroxyl groups is 1. The highest BCUT2D eigenvalue weighted by molar-refractivity contribution is 5.89. The molecule has 0 atom stereocenters. The Morgan fingerprint density at radius 1 is 1.26 bits per heavy atom. The number of anilines is 1. The quantitative estimate of drug-likeness (QED) is 0.645. The summed E-state index contributed by atoms with van der Waals surface area (Å²) in [5.74, 6) is -1.27. The number of carboxylic acid groups (broad SMARTS) is 1. The number of aromatic amines is 1. The molecule has 8 heteroatoms. The van der Waals surface area contributed by atoms with Gasteiger partial charge < -0.3 is 14.9 Å². The van der Waals surface area contributed by atoms with Crippen LogP contribution in [0.15, 0.2) is 24.3 Å². The molecule has 2 rings (SSSR count). The summed E-state index contributed by atoms with van der Waals surface area (Å²) in [4.78, 5) is 22.6. The number of rotatable bonds is 3. The van der Waals surface area contributed by atoms with Crippen molar-refractivity contribution < 1.29 is 24.5 Å². The molecule has 2 aromatic rings. The summed E-state index contributed by atoms with van der Waals surface area (Å²) in [6.45, 7) is 5.17. The summed E-state index contributed by atoms with van der Waals surface area (Å²) in [7, 11) is 0. The van der Waals surface area contributed by atoms with Gasteiger partial charge >= 0.3 is 12.1 Å². The van der Waals surface area contributed by atoms with Gasteiger partial charge in [-0.25, -0.2) is 9.59 Å². The molecular weight excluding hydrogens is 302 g/mol. The minimum atomic E-state index is -1.13. The van der Waals surface area contributed by atoms with Gasteiger partial charge in [0.2, 0.25) is 0 Å². The number of ether oxygens (including phenoxy) is 1. The van der Waals surface area contributed by atoms with E-state index in [1.165, 1.54) is 18.2 Å². The molecule has 1 heterocycles. The smallest absolute Gasteiger partial charge is 0.412 e. The van der Waals surface area contributed by atoms with Gasteiger partial charge in [-0.05, 0) is 45.0 Å². The highest BCUT2D eigenvalue weighted by Gasteiger charge is 2.18. The SMILES string of the molecule is CC(C)(C)OC(=O)Nc1cc(-c2cc(C(=O)O)[nH]n2)ccc1O. The maximum absolute atomic E-state index is 11.8. The number of hydrogen-bond acceptors (Lipinski definition) is 5. The number of hydrogen-bond donors (Lipinski definition) is 4. The monoisotopic (exact) mass is 319 g/mol. The molecule has 1 aromatic carbocycles. The summed E-state index contributed by atoms with van der Waals surface area (Å²) in [6, 6.07) is 5.75. The zero-order valence-corrected chi connectivity index (χ0v) is 12.9. The number of carboxylic acids is 1. The largest absolute Gasteiger partial charge is 0.506 e. The Morgan fingerprint density at radius 2 is 1.96 bits per heavy atom. The second-order valence-corrected chi connectivity index (χ2v) is 5.83. The third-order valence-corrected chi connectivity index (χ3v) is 2.74. The Kier molecular flexibility index (Phi) is 4.26. The van der Waals surface area contributed by atoms with Crippen molar-refractivity contribution in [2.24, 2.45) is 0 Å². The van der Waals surface area contributed by atoms with E-state index in [1.54, 1.807) is 26.8 Å². The fourth-order valence-electron chi connectivity index (χ4n) is 1.79. The second-order valence-electron chi connectivity index (χ2n) is 5.83. The van der Waals surface area contributed by atoms with E-state index in [0.29, 0.717) is 11.3 Å². The summed E-state index contributed by atoms with van der Waals surface area (Å²) in [6.07, 6.45) is -0.710. The normalized spacial score (nSPS) is 11.1. The Bertz CT molecular complexity index is 746. The third kappa shape index (κ3) is 4.22. The van der Waals surface area contributed by atoms with E-state index < -0.39 is 17.7 Å². The number of aromatic carboxylic acids is 1. The van der Waals surface area contributed by atoms with Crippen molar-refractivity contribution in [3.8, 4) is 17.0 Å². The number of phenolic OH excluding ortho intramolecular Hbond substituents is 1. The molecule has 0 aliphatic heterocycles. The number of carbonyl (C=O) groups is 2. The fourth-order valence-corrected chi connectivity index (χ4v) is 1.79. The van der Waals surface area contributed by atoms with Crippen LogP contribution in [-0.4, -0.2) is 38.1 Å². The molecule has 23 heavy (non-hydrogen) atoms. The fraction of sp³-hybridized carbons (Fsp3) is 0.267. The first-order chi connectivity index (χ1) is 10.7. The number of nitrogens with one attached hydrogen (secondary N) is 2. The minimum absolute atomic E-state index is 0.0604. The average Bonchev–Trinajstić information content (AvgIpc) is 2.89. The maximum atomic E-state index is 11.8. The lowest BCUT2D eigenvalue weighted by molar-refractivity contribution is 0.0633. The Balaban J connectivity index is 2.24. The number of aromatic nitrogens is 2. The number of nitrogens with zero attached hydrogens (tertiary/aromatic N) is 1. The van der Waals surface area contributed by atoms with Crippen LogP contribution in [0.25, 0.3) is 11.3 Å². The number of benzene rings is 1. The summed E-state index contributed by atoms with van der Waals surface area (Å²) < 4.78 is 5.12. The van der Waals surface area contributed by atoms with Gasteiger partial charge in [0, 0.05) is 5.56 Å². The summed E-state index contributed by atoms with van der Waals surface area (Å²) in [5, 5.41) is 27.4. The van der Waals surface area contributed by atoms with Gasteiger partial charge in [-0.15, -0.1) is 0 Å². The van der Waals surface area contributed by atoms with Crippen LogP contribution in [-0.2, 0) is 4.74 Å². The van der Waals surface area contributed by atoms with E-state index in [9.17, 15) is 14.7 Å². The van der Waals surface area contributed by atoms with Crippen LogP contribution >= 0.6 is 0 Å². The third-order valence-electron chi connectivity index (χ3n) is 2.74. The lowest BCUT2D eigenvalue weighted by Crippen LogP contribution is -2.27. The van der Waals surface area contributed by atoms with Gasteiger partial charge in [0.1, 0.15) is 17.0 Å². The highest BCUT2D eigenvalue weighted by atomic mass is 16.6. The maximum Gasteiger partial charge on any atom is 0.412 e. The van der Waals surface area contributed by atoms with Gasteiger partial charge in [-0.3, -0.25) is 10.4 Å². The van der Waals surface area contributed by atoms with Crippen LogP contribution in [0.1, 0.15) is 31.3 Å². The topological polar surface area (TPSA) is 125 Å². The molecule has 0 bridgehead atoms. The first-order valence-corrected chi connectivity index (χ1v) is 6.78. The first kappa shape index (κ1) is 16.3. The van der Waals surface area contributed by atoms with E-state index in [0.717, 1.165) is 0 Å². The van der Waals surface area contributed by atoms with E-state index in [4.69, 9.17) is 9.84 Å². The van der Waals surface area contributed by atoms with Crippen LogP contribution in [0.3, 0.4) is 0 Å². The molecule has 122 valence electrons. The van der Waals surface area contributed by atoms with Crippen LogP contribution < -0.4 is 5.32 Å². The van der Waals surface area contributed by atoms with Gasteiger partial charge in [-0.1, -0.05) is 0 Å². The first-order valence-electron chi connectivity index (χ1n) is 6.78. The summed E-state index contributed by atoms with van der Waals surface area (Å²) >= 11 is 0. The number of amides is 1. The van der Waals surface area contributed by atoms with Crippen LogP contribution in [0.2, 0.25) is 0 Å². The molecule has 0 aliphatic carbocycles. The number of phenols is 1. The van der Waals surface area contributed by atoms with Crippen molar-refractivity contribution in [3.63, 3.8) is 0 Å². The molecular formula is C15H17N3O5. The van der Waals surface area contributed by atoms with Crippen LogP contribution in [0, 0.1) is 0 Å². The molecule has 4 N–H and O–H groups in total. The molecule has 0 aliphatic rings. The minimum Gasteiger partial charge on any atom is -0.506 e. The van der Waals surface area contributed by atoms with Crippen LogP contribution in [0.5, 0.6) is 5.75 Å². The van der Waals surface area contributed by atoms with Gasteiger partial charge in [0.25, 0.3) is 0 Å². The van der Waals surface area contributed by atoms with Crippen LogP contribution in [0.4, 0.5) is 10.5 Å². The van der Waals surface area contributed by atoms with Crippen molar-refractivity contribution in [1.82, 2.24) is 10.2 Å². The van der Waals surface area contributed by atoms with Crippen molar-refractivity contribution in [2.45, 2.75) is 26.4 Å². The lowest BCUT2D eigenvalue weighted by atomic mass is 10.1. The molecule has 0 fully saturated rings. The lowest BCUT2D eigenvalue weighted by Gasteiger charge is -2.20. The predicted molar refractivity (Wildman–Crippen MR) is 82.5 cm³/mol. The van der Waals surface area contributed by atoms with Crippen molar-refractivity contribution in [3.05, 3.63) is 30.0 Å². The molecule has 8 nitrogen and oxygen atoms in total. The Hall–Kier alpha value is -3.03. The Morgan fingerprint density at radius 3 is 2.52 bits per heavy atom. The van der Waals surface area contributed by atoms with Gasteiger partial charge in [0.15, 0.2) is 0 Å². The predicted octanol–water partition coefficient (Wildman–Crippen LogP) is 2.83. The zero-order valence-electron chi connectivity index (χ0n) is 12.9. The molecule has 0 saturated heterocycles. The average molecular weight is 319 g/mol. The van der Waals surface area contributed by atoms with Crippen molar-refractivity contribution in [1.29, 1.82) is 0 Å². The molecule has 1 aromatic heterocycles. The highest BCUT2D eigenvalue weighted by Crippen LogP contribution is 2.29. The van der Waals surface area contributed by atoms with E-state index in [2.05, 4.69) is 15.5 Å². The Labute approximate surface area is 132 Å². The number of H-pyrrole nitrogens is 1. The van der Waals surface area contributed by atoms with Gasteiger partial charge in [0.05, 0.1) is 11.4 Å². The van der Waals surface area contributed by atoms with Crippen molar-refractivity contribution >= 4 is 17.7 Å². The van der Waals surface area contributed by atoms with Crippen molar-refractivity contribution in [2.75, 3.05) is 5.32 Å². The van der Waals surface area contributed by atoms with E-state index in [1.807, 2.05) is 0 Å². The second kappa shape index (κ2) is 5.99. The molecule has 1 amide bonds. The van der Waals surface area contributed by atoms with E-state index in [-0.39, 0.29) is 17.1 Å². The molecule has 0 unspecified atom stereocenters. The summed E-state index contributed by atoms with van der Waals surface area (Å²) in [5.41, 5.74) is 0.300. The molecule has 0 radical (unpaired) electrons. The number of carbonyl (C=O) groups excluding carboxylic acids is 1. The standard InChI is InChI=1S/C15H17N3O5/c1-15(2,3)23-14(22)16-10-6-8(4-5-12(10)19)9-7-11(13(20)21)18-17-9/h4-7,19H,1-3H3,(H,16,22)(H,17,18)(H,20,21). The molecule has 0 spiro atoms.